The van der Waals surface area contributed by atoms with E-state index in [2.05, 4.69) is 5.32 Å². The van der Waals surface area contributed by atoms with Gasteiger partial charge >= 0.3 is 0 Å². The first-order valence-corrected chi connectivity index (χ1v) is 14.9. The lowest BCUT2D eigenvalue weighted by atomic mass is 10.1. The summed E-state index contributed by atoms with van der Waals surface area (Å²) in [4.78, 5) is 27.5. The Kier molecular flexibility index (Phi) is 8.37. The molecule has 2 amide bonds. The van der Waals surface area contributed by atoms with Gasteiger partial charge in [-0.25, -0.2) is 8.42 Å². The van der Waals surface area contributed by atoms with Crippen molar-refractivity contribution in [2.45, 2.75) is 37.5 Å². The monoisotopic (exact) mass is 563 g/mol. The van der Waals surface area contributed by atoms with Crippen molar-refractivity contribution in [1.82, 2.24) is 4.31 Å². The smallest absolute Gasteiger partial charge is 0.265 e. The molecule has 5 rings (SSSR count). The van der Waals surface area contributed by atoms with Crippen LogP contribution in [0.3, 0.4) is 0 Å². The van der Waals surface area contributed by atoms with Gasteiger partial charge in [0, 0.05) is 30.9 Å². The molecule has 0 radical (unpaired) electrons. The summed E-state index contributed by atoms with van der Waals surface area (Å²) in [6.45, 7) is 3.87. The number of nitrogens with zero attached hydrogens (tertiary/aromatic N) is 2. The van der Waals surface area contributed by atoms with Crippen molar-refractivity contribution in [2.75, 3.05) is 43.1 Å². The van der Waals surface area contributed by atoms with E-state index < -0.39 is 10.0 Å². The van der Waals surface area contributed by atoms with Crippen LogP contribution in [0.15, 0.2) is 71.6 Å². The van der Waals surface area contributed by atoms with Crippen molar-refractivity contribution >= 4 is 33.2 Å². The van der Waals surface area contributed by atoms with Crippen molar-refractivity contribution in [3.8, 4) is 11.5 Å². The number of rotatable bonds is 9. The number of piperidine rings is 1. The molecular formula is C30H33N3O6S. The summed E-state index contributed by atoms with van der Waals surface area (Å²) in [6.07, 6.45) is 3.36. The molecule has 0 unspecified atom stereocenters. The summed E-state index contributed by atoms with van der Waals surface area (Å²) in [5.41, 5.74) is 2.51. The minimum absolute atomic E-state index is 0.0515. The number of hydrogen-bond acceptors (Lipinski definition) is 6. The second-order valence-electron chi connectivity index (χ2n) is 9.98. The minimum atomic E-state index is -3.57. The highest BCUT2D eigenvalue weighted by atomic mass is 32.2. The van der Waals surface area contributed by atoms with Gasteiger partial charge in [0.2, 0.25) is 10.0 Å². The maximum absolute atomic E-state index is 13.0. The van der Waals surface area contributed by atoms with E-state index in [9.17, 15) is 18.0 Å². The number of ether oxygens (including phenoxy) is 2. The molecule has 2 heterocycles. The van der Waals surface area contributed by atoms with Crippen molar-refractivity contribution in [1.29, 1.82) is 0 Å². The average molecular weight is 564 g/mol. The van der Waals surface area contributed by atoms with E-state index in [1.165, 1.54) is 28.6 Å². The Labute approximate surface area is 234 Å². The average Bonchev–Trinajstić information content (AvgIpc) is 2.97. The summed E-state index contributed by atoms with van der Waals surface area (Å²) in [6, 6.07) is 18.9. The van der Waals surface area contributed by atoms with Gasteiger partial charge in [-0.15, -0.1) is 0 Å². The number of hydrogen-bond donors (Lipinski definition) is 1. The van der Waals surface area contributed by atoms with Crippen molar-refractivity contribution in [3.05, 3.63) is 77.9 Å². The van der Waals surface area contributed by atoms with Crippen LogP contribution < -0.4 is 19.7 Å². The highest BCUT2D eigenvalue weighted by molar-refractivity contribution is 7.89. The molecule has 40 heavy (non-hydrogen) atoms. The van der Waals surface area contributed by atoms with Gasteiger partial charge in [0.1, 0.15) is 11.5 Å². The highest BCUT2D eigenvalue weighted by Gasteiger charge is 2.27. The van der Waals surface area contributed by atoms with Crippen LogP contribution in [0.1, 0.15) is 41.6 Å². The summed E-state index contributed by atoms with van der Waals surface area (Å²) in [5, 5.41) is 2.84. The van der Waals surface area contributed by atoms with E-state index in [0.717, 1.165) is 30.6 Å². The quantitative estimate of drug-likeness (QED) is 0.381. The lowest BCUT2D eigenvalue weighted by molar-refractivity contribution is -0.121. The predicted octanol–water partition coefficient (Wildman–Crippen LogP) is 4.62. The molecule has 0 bridgehead atoms. The Morgan fingerprint density at radius 2 is 1.77 bits per heavy atom. The molecule has 0 atom stereocenters. The molecule has 1 N–H and O–H groups in total. The predicted molar refractivity (Wildman–Crippen MR) is 153 cm³/mol. The molecule has 3 aromatic carbocycles. The van der Waals surface area contributed by atoms with E-state index >= 15 is 0 Å². The van der Waals surface area contributed by atoms with Crippen LogP contribution in [0, 0.1) is 6.92 Å². The van der Waals surface area contributed by atoms with Gasteiger partial charge < -0.3 is 19.7 Å². The molecule has 0 aromatic heterocycles. The summed E-state index contributed by atoms with van der Waals surface area (Å²) in [5.74, 6) is 0.792. The van der Waals surface area contributed by atoms with Gasteiger partial charge in [-0.2, -0.15) is 4.31 Å². The zero-order chi connectivity index (χ0) is 28.1. The Morgan fingerprint density at radius 3 is 2.52 bits per heavy atom. The van der Waals surface area contributed by atoms with Gasteiger partial charge in [-0.05, 0) is 86.3 Å². The summed E-state index contributed by atoms with van der Waals surface area (Å²) >= 11 is 0. The van der Waals surface area contributed by atoms with E-state index in [1.807, 2.05) is 31.2 Å². The number of sulfonamides is 1. The number of aryl methyl sites for hydroxylation is 1. The molecule has 2 aliphatic heterocycles. The Bertz CT molecular complexity index is 1480. The van der Waals surface area contributed by atoms with Crippen molar-refractivity contribution in [3.63, 3.8) is 0 Å². The first kappa shape index (κ1) is 27.7. The van der Waals surface area contributed by atoms with E-state index in [1.54, 1.807) is 23.1 Å². The SMILES string of the molecule is Cc1cccc(OCCCN2C(=O)COc3ccc(NC(=O)c4ccc(S(=O)(=O)N5CCCCC5)cc4)cc32)c1. The molecule has 0 aliphatic carbocycles. The number of benzene rings is 3. The van der Waals surface area contributed by atoms with Gasteiger partial charge in [0.25, 0.3) is 11.8 Å². The molecule has 210 valence electrons. The van der Waals surface area contributed by atoms with Crippen LogP contribution in [0.5, 0.6) is 11.5 Å². The van der Waals surface area contributed by atoms with E-state index in [4.69, 9.17) is 9.47 Å². The lowest BCUT2D eigenvalue weighted by Gasteiger charge is -2.30. The lowest BCUT2D eigenvalue weighted by Crippen LogP contribution is -2.39. The molecule has 0 spiro atoms. The Morgan fingerprint density at radius 1 is 1.00 bits per heavy atom. The van der Waals surface area contributed by atoms with Gasteiger partial charge in [0.05, 0.1) is 17.2 Å². The molecule has 0 saturated carbocycles. The van der Waals surface area contributed by atoms with Crippen LogP contribution >= 0.6 is 0 Å². The summed E-state index contributed by atoms with van der Waals surface area (Å²) in [7, 11) is -3.57. The second-order valence-corrected chi connectivity index (χ2v) is 11.9. The Hall–Kier alpha value is -3.89. The largest absolute Gasteiger partial charge is 0.494 e. The fourth-order valence-electron chi connectivity index (χ4n) is 4.88. The van der Waals surface area contributed by atoms with Crippen LogP contribution in [0.4, 0.5) is 11.4 Å². The standard InChI is InChI=1S/C30H33N3O6S/c1-22-7-5-8-25(19-22)38-18-6-17-33-27-20-24(11-14-28(27)39-21-29(33)34)31-30(35)23-9-12-26(13-10-23)40(36,37)32-15-3-2-4-16-32/h5,7-14,19-20H,2-4,6,15-18,21H2,1H3,(H,31,35). The zero-order valence-corrected chi connectivity index (χ0v) is 23.3. The topological polar surface area (TPSA) is 105 Å². The fourth-order valence-corrected chi connectivity index (χ4v) is 6.40. The van der Waals surface area contributed by atoms with Crippen LogP contribution in [0.2, 0.25) is 0 Å². The first-order valence-electron chi connectivity index (χ1n) is 13.5. The molecule has 1 saturated heterocycles. The highest BCUT2D eigenvalue weighted by Crippen LogP contribution is 2.35. The van der Waals surface area contributed by atoms with Gasteiger partial charge in [-0.3, -0.25) is 9.59 Å². The van der Waals surface area contributed by atoms with Gasteiger partial charge in [0.15, 0.2) is 6.61 Å². The van der Waals surface area contributed by atoms with Crippen molar-refractivity contribution in [2.24, 2.45) is 0 Å². The molecule has 3 aromatic rings. The first-order chi connectivity index (χ1) is 19.3. The molecular weight excluding hydrogens is 530 g/mol. The summed E-state index contributed by atoms with van der Waals surface area (Å²) < 4.78 is 38.7. The van der Waals surface area contributed by atoms with E-state index in [-0.39, 0.29) is 23.3 Å². The van der Waals surface area contributed by atoms with E-state index in [0.29, 0.717) is 55.3 Å². The fraction of sp³-hybridized carbons (Fsp3) is 0.333. The van der Waals surface area contributed by atoms with Crippen LogP contribution in [-0.2, 0) is 14.8 Å². The Balaban J connectivity index is 1.23. The van der Waals surface area contributed by atoms with Crippen molar-refractivity contribution < 1.29 is 27.5 Å². The van der Waals surface area contributed by atoms with Crippen LogP contribution in [-0.4, -0.2) is 57.4 Å². The molecule has 10 heteroatoms. The van der Waals surface area contributed by atoms with Crippen LogP contribution in [0.25, 0.3) is 0 Å². The third kappa shape index (κ3) is 6.29. The second kappa shape index (κ2) is 12.1. The normalized spacial score (nSPS) is 15.7. The third-order valence-electron chi connectivity index (χ3n) is 7.01. The number of carbonyl (C=O) groups excluding carboxylic acids is 2. The van der Waals surface area contributed by atoms with Gasteiger partial charge in [-0.1, -0.05) is 18.6 Å². The number of amides is 2. The molecule has 1 fully saturated rings. The maximum atomic E-state index is 13.0. The number of nitrogens with one attached hydrogen (secondary N) is 1. The number of anilines is 2. The number of carbonyl (C=O) groups is 2. The molecule has 9 nitrogen and oxygen atoms in total. The maximum Gasteiger partial charge on any atom is 0.265 e. The molecule has 2 aliphatic rings. The number of fused-ring (bicyclic) bond motifs is 1. The zero-order valence-electron chi connectivity index (χ0n) is 22.5. The minimum Gasteiger partial charge on any atom is -0.494 e. The third-order valence-corrected chi connectivity index (χ3v) is 8.93.